The van der Waals surface area contributed by atoms with E-state index in [4.69, 9.17) is 27.9 Å². The molecule has 2 nitrogen and oxygen atoms in total. The van der Waals surface area contributed by atoms with Gasteiger partial charge < -0.3 is 4.74 Å². The normalized spacial score (nSPS) is 12.5. The summed E-state index contributed by atoms with van der Waals surface area (Å²) in [7, 11) is 1.49. The van der Waals surface area contributed by atoms with E-state index in [-0.39, 0.29) is 18.3 Å². The maximum atomic E-state index is 11.6. The van der Waals surface area contributed by atoms with Crippen molar-refractivity contribution in [3.8, 4) is 0 Å². The predicted octanol–water partition coefficient (Wildman–Crippen LogP) is 3.31. The van der Waals surface area contributed by atoms with Crippen LogP contribution in [-0.4, -0.2) is 19.5 Å². The first-order valence-corrected chi connectivity index (χ1v) is 5.29. The van der Waals surface area contributed by atoms with Crippen molar-refractivity contribution < 1.29 is 9.53 Å². The molecule has 1 atom stereocenters. The number of carbonyl (C=O) groups is 1. The first kappa shape index (κ1) is 12.5. The predicted molar refractivity (Wildman–Crippen MR) is 61.8 cm³/mol. The maximum absolute atomic E-state index is 11.6. The first-order chi connectivity index (χ1) is 7.07. The van der Waals surface area contributed by atoms with Gasteiger partial charge in [-0.15, -0.1) is 0 Å². The molecule has 1 unspecified atom stereocenters. The minimum absolute atomic E-state index is 0.0123. The molecule has 0 aromatic heterocycles. The summed E-state index contributed by atoms with van der Waals surface area (Å²) in [5.41, 5.74) is 0.742. The fourth-order valence-corrected chi connectivity index (χ4v) is 1.77. The van der Waals surface area contributed by atoms with Gasteiger partial charge in [0.1, 0.15) is 6.61 Å². The van der Waals surface area contributed by atoms with Crippen molar-refractivity contribution in [2.75, 3.05) is 13.7 Å². The highest BCUT2D eigenvalue weighted by molar-refractivity contribution is 6.42. The minimum Gasteiger partial charge on any atom is -0.377 e. The Balaban J connectivity index is 2.96. The van der Waals surface area contributed by atoms with Crippen molar-refractivity contribution in [2.24, 2.45) is 0 Å². The summed E-state index contributed by atoms with van der Waals surface area (Å²) < 4.78 is 4.79. The van der Waals surface area contributed by atoms with E-state index >= 15 is 0 Å². The second-order valence-corrected chi connectivity index (χ2v) is 4.05. The van der Waals surface area contributed by atoms with Crippen molar-refractivity contribution in [3.05, 3.63) is 33.8 Å². The highest BCUT2D eigenvalue weighted by atomic mass is 35.5. The van der Waals surface area contributed by atoms with E-state index in [0.717, 1.165) is 5.56 Å². The molecule has 1 rings (SSSR count). The zero-order chi connectivity index (χ0) is 11.4. The van der Waals surface area contributed by atoms with Crippen LogP contribution in [0.4, 0.5) is 0 Å². The van der Waals surface area contributed by atoms with Crippen LogP contribution in [0.1, 0.15) is 18.4 Å². The van der Waals surface area contributed by atoms with Gasteiger partial charge in [-0.3, -0.25) is 4.79 Å². The van der Waals surface area contributed by atoms with Gasteiger partial charge in [0.2, 0.25) is 0 Å². The van der Waals surface area contributed by atoms with Gasteiger partial charge in [-0.05, 0) is 11.6 Å². The van der Waals surface area contributed by atoms with Crippen LogP contribution in [-0.2, 0) is 9.53 Å². The highest BCUT2D eigenvalue weighted by Gasteiger charge is 2.18. The standard InChI is InChI=1S/C11H12Cl2O2/c1-7(10(14)6-15-2)8-4-3-5-9(12)11(8)13/h3-5,7H,6H2,1-2H3. The van der Waals surface area contributed by atoms with Crippen molar-refractivity contribution in [3.63, 3.8) is 0 Å². The molecule has 0 aliphatic carbocycles. The molecule has 0 saturated heterocycles. The van der Waals surface area contributed by atoms with Crippen LogP contribution in [0.25, 0.3) is 0 Å². The van der Waals surface area contributed by atoms with E-state index in [2.05, 4.69) is 0 Å². The summed E-state index contributed by atoms with van der Waals surface area (Å²) in [6.07, 6.45) is 0. The summed E-state index contributed by atoms with van der Waals surface area (Å²) in [6.45, 7) is 1.88. The Labute approximate surface area is 99.1 Å². The largest absolute Gasteiger partial charge is 0.377 e. The molecule has 0 heterocycles. The summed E-state index contributed by atoms with van der Waals surface area (Å²) in [6, 6.07) is 5.27. The van der Waals surface area contributed by atoms with Gasteiger partial charge in [0, 0.05) is 13.0 Å². The average Bonchev–Trinajstić information content (AvgIpc) is 2.21. The number of carbonyl (C=O) groups excluding carboxylic acids is 1. The molecule has 0 aliphatic rings. The molecule has 4 heteroatoms. The van der Waals surface area contributed by atoms with Crippen LogP contribution < -0.4 is 0 Å². The molecule has 82 valence electrons. The lowest BCUT2D eigenvalue weighted by molar-refractivity contribution is -0.123. The lowest BCUT2D eigenvalue weighted by Crippen LogP contribution is -2.15. The van der Waals surface area contributed by atoms with Crippen LogP contribution in [0.15, 0.2) is 18.2 Å². The first-order valence-electron chi connectivity index (χ1n) is 4.53. The van der Waals surface area contributed by atoms with Crippen LogP contribution in [0.3, 0.4) is 0 Å². The summed E-state index contributed by atoms with van der Waals surface area (Å²) in [5.74, 6) is -0.308. The summed E-state index contributed by atoms with van der Waals surface area (Å²) >= 11 is 11.9. The Hall–Kier alpha value is -0.570. The molecule has 0 saturated carbocycles. The highest BCUT2D eigenvalue weighted by Crippen LogP contribution is 2.31. The maximum Gasteiger partial charge on any atom is 0.165 e. The quantitative estimate of drug-likeness (QED) is 0.815. The number of ether oxygens (including phenoxy) is 1. The zero-order valence-corrected chi connectivity index (χ0v) is 10.1. The van der Waals surface area contributed by atoms with Gasteiger partial charge in [-0.1, -0.05) is 42.3 Å². The number of hydrogen-bond acceptors (Lipinski definition) is 2. The van der Waals surface area contributed by atoms with Crippen molar-refractivity contribution in [1.29, 1.82) is 0 Å². The Bertz CT molecular complexity index is 364. The number of benzene rings is 1. The van der Waals surface area contributed by atoms with E-state index in [1.54, 1.807) is 25.1 Å². The molecular formula is C11H12Cl2O2. The third-order valence-corrected chi connectivity index (χ3v) is 3.05. The minimum atomic E-state index is -0.295. The van der Waals surface area contributed by atoms with Crippen LogP contribution in [0.5, 0.6) is 0 Å². The Morgan fingerprint density at radius 2 is 2.13 bits per heavy atom. The lowest BCUT2D eigenvalue weighted by atomic mass is 9.97. The van der Waals surface area contributed by atoms with Crippen molar-refractivity contribution >= 4 is 29.0 Å². The third kappa shape index (κ3) is 2.94. The number of ketones is 1. The zero-order valence-electron chi connectivity index (χ0n) is 8.59. The molecule has 0 spiro atoms. The fourth-order valence-electron chi connectivity index (χ4n) is 1.30. The number of methoxy groups -OCH3 is 1. The molecule has 0 fully saturated rings. The smallest absolute Gasteiger partial charge is 0.165 e. The summed E-state index contributed by atoms with van der Waals surface area (Å²) in [5, 5.41) is 0.905. The Kier molecular flexibility index (Phi) is 4.58. The van der Waals surface area contributed by atoms with Gasteiger partial charge in [0.05, 0.1) is 10.0 Å². The second kappa shape index (κ2) is 5.50. The van der Waals surface area contributed by atoms with E-state index in [9.17, 15) is 4.79 Å². The molecular weight excluding hydrogens is 235 g/mol. The number of hydrogen-bond donors (Lipinski definition) is 0. The third-order valence-electron chi connectivity index (χ3n) is 2.22. The number of rotatable bonds is 4. The molecule has 15 heavy (non-hydrogen) atoms. The van der Waals surface area contributed by atoms with Gasteiger partial charge in [-0.25, -0.2) is 0 Å². The van der Waals surface area contributed by atoms with Gasteiger partial charge >= 0.3 is 0 Å². The van der Waals surface area contributed by atoms with Gasteiger partial charge in [0.15, 0.2) is 5.78 Å². The van der Waals surface area contributed by atoms with Gasteiger partial charge in [0.25, 0.3) is 0 Å². The molecule has 1 aromatic carbocycles. The van der Waals surface area contributed by atoms with E-state index in [1.807, 2.05) is 0 Å². The van der Waals surface area contributed by atoms with Crippen LogP contribution >= 0.6 is 23.2 Å². The Morgan fingerprint density at radius 1 is 1.47 bits per heavy atom. The second-order valence-electron chi connectivity index (χ2n) is 3.26. The SMILES string of the molecule is COCC(=O)C(C)c1cccc(Cl)c1Cl. The van der Waals surface area contributed by atoms with E-state index < -0.39 is 0 Å². The molecule has 1 aromatic rings. The molecule has 0 N–H and O–H groups in total. The molecule has 0 aliphatic heterocycles. The van der Waals surface area contributed by atoms with E-state index in [0.29, 0.717) is 10.0 Å². The van der Waals surface area contributed by atoms with Crippen LogP contribution in [0.2, 0.25) is 10.0 Å². The molecule has 0 radical (unpaired) electrons. The monoisotopic (exact) mass is 246 g/mol. The summed E-state index contributed by atoms with van der Waals surface area (Å²) in [4.78, 5) is 11.6. The van der Waals surface area contributed by atoms with Gasteiger partial charge in [-0.2, -0.15) is 0 Å². The van der Waals surface area contributed by atoms with Crippen LogP contribution in [0, 0.1) is 0 Å². The molecule has 0 amide bonds. The number of halogens is 2. The lowest BCUT2D eigenvalue weighted by Gasteiger charge is -2.12. The average molecular weight is 247 g/mol. The van der Waals surface area contributed by atoms with E-state index in [1.165, 1.54) is 7.11 Å². The Morgan fingerprint density at radius 3 is 2.73 bits per heavy atom. The van der Waals surface area contributed by atoms with Crippen molar-refractivity contribution in [2.45, 2.75) is 12.8 Å². The number of Topliss-reactive ketones (excluding diaryl/α,β-unsaturated/α-hetero) is 1. The topological polar surface area (TPSA) is 26.3 Å². The molecule has 0 bridgehead atoms. The fraction of sp³-hybridized carbons (Fsp3) is 0.364. The van der Waals surface area contributed by atoms with Crippen molar-refractivity contribution in [1.82, 2.24) is 0 Å².